The zero-order valence-corrected chi connectivity index (χ0v) is 9.27. The molecule has 0 aromatic heterocycles. The molecule has 1 rings (SSSR count). The number of benzene rings is 1. The quantitative estimate of drug-likeness (QED) is 0.693. The van der Waals surface area contributed by atoms with Crippen molar-refractivity contribution in [3.8, 4) is 0 Å². The van der Waals surface area contributed by atoms with E-state index in [1.807, 2.05) is 20.2 Å². The van der Waals surface area contributed by atoms with Gasteiger partial charge in [-0.25, -0.2) is 0 Å². The third-order valence-corrected chi connectivity index (χ3v) is 3.72. The molecule has 0 bridgehead atoms. The molecule has 1 aromatic carbocycles. The van der Waals surface area contributed by atoms with Crippen LogP contribution in [0.25, 0.3) is 6.08 Å². The zero-order chi connectivity index (χ0) is 9.52. The first-order valence-corrected chi connectivity index (χ1v) is 6.26. The lowest BCUT2D eigenvalue weighted by molar-refractivity contribution is 1.10. The number of hydrogen-bond donors (Lipinski definition) is 2. The van der Waals surface area contributed by atoms with Crippen molar-refractivity contribution in [1.82, 2.24) is 9.96 Å². The predicted octanol–water partition coefficient (Wildman–Crippen LogP) is 0.898. The fourth-order valence-corrected chi connectivity index (χ4v) is 2.20. The SMILES string of the molecule is CN[SiH](C=Cc1ccccc1)NC. The molecule has 0 aliphatic carbocycles. The van der Waals surface area contributed by atoms with Gasteiger partial charge in [0.25, 0.3) is 0 Å². The van der Waals surface area contributed by atoms with Crippen LogP contribution in [0.15, 0.2) is 36.0 Å². The third-order valence-electron chi connectivity index (χ3n) is 1.90. The minimum atomic E-state index is -1.04. The van der Waals surface area contributed by atoms with E-state index in [0.717, 1.165) is 0 Å². The molecule has 1 aromatic rings. The lowest BCUT2D eigenvalue weighted by Gasteiger charge is -2.06. The van der Waals surface area contributed by atoms with Crippen molar-refractivity contribution in [2.45, 2.75) is 0 Å². The summed E-state index contributed by atoms with van der Waals surface area (Å²) in [5, 5.41) is 0. The van der Waals surface area contributed by atoms with Gasteiger partial charge < -0.3 is 9.96 Å². The summed E-state index contributed by atoms with van der Waals surface area (Å²) >= 11 is 0. The lowest BCUT2D eigenvalue weighted by atomic mass is 10.2. The Bertz CT molecular complexity index is 255. The highest BCUT2D eigenvalue weighted by Crippen LogP contribution is 2.00. The van der Waals surface area contributed by atoms with Crippen LogP contribution < -0.4 is 9.96 Å². The van der Waals surface area contributed by atoms with Crippen molar-refractivity contribution in [3.63, 3.8) is 0 Å². The van der Waals surface area contributed by atoms with Gasteiger partial charge in [0.2, 0.25) is 9.12 Å². The molecule has 0 saturated carbocycles. The van der Waals surface area contributed by atoms with Gasteiger partial charge in [-0.1, -0.05) is 42.1 Å². The van der Waals surface area contributed by atoms with Gasteiger partial charge in [-0.3, -0.25) is 0 Å². The molecular weight excluding hydrogens is 176 g/mol. The topological polar surface area (TPSA) is 24.1 Å². The summed E-state index contributed by atoms with van der Waals surface area (Å²) in [6.45, 7) is 0. The van der Waals surface area contributed by atoms with E-state index in [9.17, 15) is 0 Å². The highest BCUT2D eigenvalue weighted by Gasteiger charge is 1.97. The molecule has 0 aliphatic heterocycles. The molecule has 0 saturated heterocycles. The summed E-state index contributed by atoms with van der Waals surface area (Å²) < 4.78 is 0. The molecule has 3 heteroatoms. The molecule has 0 radical (unpaired) electrons. The van der Waals surface area contributed by atoms with E-state index in [-0.39, 0.29) is 0 Å². The first kappa shape index (κ1) is 10.2. The van der Waals surface area contributed by atoms with Crippen LogP contribution in [0.2, 0.25) is 0 Å². The molecule has 2 N–H and O–H groups in total. The van der Waals surface area contributed by atoms with Gasteiger partial charge in [0.05, 0.1) is 0 Å². The Hall–Kier alpha value is -0.903. The Morgan fingerprint density at radius 1 is 1.08 bits per heavy atom. The molecule has 13 heavy (non-hydrogen) atoms. The van der Waals surface area contributed by atoms with E-state index in [1.165, 1.54) is 5.56 Å². The maximum absolute atomic E-state index is 3.26. The van der Waals surface area contributed by atoms with Gasteiger partial charge in [-0.05, 0) is 19.7 Å². The first-order valence-electron chi connectivity index (χ1n) is 4.44. The summed E-state index contributed by atoms with van der Waals surface area (Å²) in [7, 11) is 2.94. The number of nitrogens with one attached hydrogen (secondary N) is 2. The normalized spacial score (nSPS) is 11.3. The molecule has 0 unspecified atom stereocenters. The second-order valence-electron chi connectivity index (χ2n) is 2.82. The van der Waals surface area contributed by atoms with Crippen molar-refractivity contribution in [1.29, 1.82) is 0 Å². The zero-order valence-electron chi connectivity index (χ0n) is 8.12. The standard InChI is InChI=1S/C10H16N2Si/c1-11-13(12-2)9-8-10-6-4-3-5-7-10/h3-9,11-13H,1-2H3. The van der Waals surface area contributed by atoms with Gasteiger partial charge in [0.15, 0.2) is 0 Å². The average molecular weight is 192 g/mol. The van der Waals surface area contributed by atoms with Crippen molar-refractivity contribution in [2.24, 2.45) is 0 Å². The van der Waals surface area contributed by atoms with Crippen LogP contribution in [-0.4, -0.2) is 23.2 Å². The van der Waals surface area contributed by atoms with Crippen LogP contribution in [0.5, 0.6) is 0 Å². The molecule has 0 amide bonds. The van der Waals surface area contributed by atoms with Crippen molar-refractivity contribution in [3.05, 3.63) is 41.6 Å². The highest BCUT2D eigenvalue weighted by molar-refractivity contribution is 6.59. The first-order chi connectivity index (χ1) is 6.36. The second-order valence-corrected chi connectivity index (χ2v) is 5.32. The maximum Gasteiger partial charge on any atom is 0.209 e. The van der Waals surface area contributed by atoms with Crippen molar-refractivity contribution < 1.29 is 0 Å². The summed E-state index contributed by atoms with van der Waals surface area (Å²) in [5.74, 6) is 0. The average Bonchev–Trinajstić information content (AvgIpc) is 2.21. The van der Waals surface area contributed by atoms with E-state index in [4.69, 9.17) is 0 Å². The van der Waals surface area contributed by atoms with Crippen LogP contribution >= 0.6 is 0 Å². The lowest BCUT2D eigenvalue weighted by Crippen LogP contribution is -2.41. The van der Waals surface area contributed by atoms with Crippen molar-refractivity contribution in [2.75, 3.05) is 14.1 Å². The Morgan fingerprint density at radius 3 is 2.23 bits per heavy atom. The monoisotopic (exact) mass is 192 g/mol. The van der Waals surface area contributed by atoms with E-state index >= 15 is 0 Å². The van der Waals surface area contributed by atoms with Crippen LogP contribution in [0, 0.1) is 0 Å². The number of rotatable bonds is 4. The molecule has 0 spiro atoms. The van der Waals surface area contributed by atoms with Crippen LogP contribution in [-0.2, 0) is 0 Å². The van der Waals surface area contributed by atoms with Gasteiger partial charge in [-0.2, -0.15) is 0 Å². The van der Waals surface area contributed by atoms with Crippen LogP contribution in [0.4, 0.5) is 0 Å². The molecule has 0 atom stereocenters. The predicted molar refractivity (Wildman–Crippen MR) is 60.7 cm³/mol. The van der Waals surface area contributed by atoms with E-state index in [2.05, 4.69) is 46.0 Å². The van der Waals surface area contributed by atoms with Crippen molar-refractivity contribution >= 4 is 15.2 Å². The molecule has 0 heterocycles. The largest absolute Gasteiger partial charge is 0.328 e. The fraction of sp³-hybridized carbons (Fsp3) is 0.200. The number of hydrogen-bond acceptors (Lipinski definition) is 2. The highest BCUT2D eigenvalue weighted by atomic mass is 28.3. The molecule has 0 fully saturated rings. The smallest absolute Gasteiger partial charge is 0.209 e. The minimum Gasteiger partial charge on any atom is -0.328 e. The molecule has 0 aliphatic rings. The molecule has 70 valence electrons. The summed E-state index contributed by atoms with van der Waals surface area (Å²) in [4.78, 5) is 6.53. The Balaban J connectivity index is 2.57. The Kier molecular flexibility index (Phi) is 4.46. The molecule has 2 nitrogen and oxygen atoms in total. The summed E-state index contributed by atoms with van der Waals surface area (Å²) in [5.41, 5.74) is 3.49. The van der Waals surface area contributed by atoms with Gasteiger partial charge in [-0.15, -0.1) is 0 Å². The summed E-state index contributed by atoms with van der Waals surface area (Å²) in [6, 6.07) is 10.3. The second kappa shape index (κ2) is 5.69. The molecular formula is C10H16N2Si. The van der Waals surface area contributed by atoms with Crippen LogP contribution in [0.3, 0.4) is 0 Å². The van der Waals surface area contributed by atoms with Gasteiger partial charge >= 0.3 is 0 Å². The van der Waals surface area contributed by atoms with E-state index in [1.54, 1.807) is 0 Å². The van der Waals surface area contributed by atoms with E-state index in [0.29, 0.717) is 0 Å². The van der Waals surface area contributed by atoms with Gasteiger partial charge in [0, 0.05) is 0 Å². The maximum atomic E-state index is 3.26. The van der Waals surface area contributed by atoms with Gasteiger partial charge in [0.1, 0.15) is 0 Å². The van der Waals surface area contributed by atoms with E-state index < -0.39 is 9.12 Å². The fourth-order valence-electron chi connectivity index (χ4n) is 1.11. The minimum absolute atomic E-state index is 1.04. The summed E-state index contributed by atoms with van der Waals surface area (Å²) in [6.07, 6.45) is 2.16. The van der Waals surface area contributed by atoms with Crippen LogP contribution in [0.1, 0.15) is 5.56 Å². The Labute approximate surface area is 81.4 Å². The Morgan fingerprint density at radius 2 is 1.69 bits per heavy atom. The third kappa shape index (κ3) is 3.54.